The van der Waals surface area contributed by atoms with Crippen LogP contribution in [0.3, 0.4) is 0 Å². The molecule has 1 saturated heterocycles. The molecule has 1 aliphatic rings. The van der Waals surface area contributed by atoms with Gasteiger partial charge in [0.1, 0.15) is 4.90 Å². The molecule has 0 aromatic carbocycles. The first-order chi connectivity index (χ1) is 9.93. The SMILES string of the molecule is CCNCc1n[nH]c(C)c1S(=O)(=O)N1C(C)CCC1CC. The Morgan fingerprint density at radius 1 is 1.38 bits per heavy atom. The van der Waals surface area contributed by atoms with Crippen molar-refractivity contribution in [1.82, 2.24) is 19.8 Å². The second-order valence-corrected chi connectivity index (χ2v) is 7.51. The lowest BCUT2D eigenvalue weighted by atomic mass is 10.2. The summed E-state index contributed by atoms with van der Waals surface area (Å²) in [7, 11) is -3.50. The van der Waals surface area contributed by atoms with Crippen LogP contribution in [-0.2, 0) is 16.6 Å². The second kappa shape index (κ2) is 6.46. The summed E-state index contributed by atoms with van der Waals surface area (Å²) < 4.78 is 27.9. The molecule has 0 saturated carbocycles. The van der Waals surface area contributed by atoms with Crippen LogP contribution in [0, 0.1) is 6.92 Å². The van der Waals surface area contributed by atoms with Gasteiger partial charge >= 0.3 is 0 Å². The third-order valence-electron chi connectivity index (χ3n) is 4.22. The number of hydrogen-bond donors (Lipinski definition) is 2. The van der Waals surface area contributed by atoms with Crippen LogP contribution in [0.2, 0.25) is 0 Å². The summed E-state index contributed by atoms with van der Waals surface area (Å²) in [6, 6.07) is 0.160. The van der Waals surface area contributed by atoms with Crippen LogP contribution in [0.5, 0.6) is 0 Å². The van der Waals surface area contributed by atoms with Gasteiger partial charge in [-0.25, -0.2) is 8.42 Å². The van der Waals surface area contributed by atoms with Crippen molar-refractivity contribution in [3.8, 4) is 0 Å². The van der Waals surface area contributed by atoms with Crippen LogP contribution in [0.1, 0.15) is 51.4 Å². The summed E-state index contributed by atoms with van der Waals surface area (Å²) in [5, 5.41) is 10.2. The van der Waals surface area contributed by atoms with Crippen LogP contribution in [-0.4, -0.2) is 41.5 Å². The van der Waals surface area contributed by atoms with E-state index in [-0.39, 0.29) is 12.1 Å². The molecule has 0 aliphatic carbocycles. The number of sulfonamides is 1. The van der Waals surface area contributed by atoms with Gasteiger partial charge in [-0.15, -0.1) is 0 Å². The van der Waals surface area contributed by atoms with Gasteiger partial charge in [-0.2, -0.15) is 9.40 Å². The predicted octanol–water partition coefficient (Wildman–Crippen LogP) is 1.78. The summed E-state index contributed by atoms with van der Waals surface area (Å²) in [4.78, 5) is 0.357. The normalized spacial score (nSPS) is 23.8. The molecule has 21 heavy (non-hydrogen) atoms. The first kappa shape index (κ1) is 16.5. The highest BCUT2D eigenvalue weighted by atomic mass is 32.2. The highest BCUT2D eigenvalue weighted by molar-refractivity contribution is 7.89. The third kappa shape index (κ3) is 3.00. The van der Waals surface area contributed by atoms with E-state index in [0.717, 1.165) is 25.8 Å². The molecule has 0 amide bonds. The Balaban J connectivity index is 2.41. The number of H-pyrrole nitrogens is 1. The summed E-state index contributed by atoms with van der Waals surface area (Å²) in [5.74, 6) is 0. The van der Waals surface area contributed by atoms with Gasteiger partial charge in [-0.3, -0.25) is 5.10 Å². The van der Waals surface area contributed by atoms with E-state index in [0.29, 0.717) is 22.8 Å². The zero-order valence-electron chi connectivity index (χ0n) is 13.3. The Morgan fingerprint density at radius 2 is 2.10 bits per heavy atom. The van der Waals surface area contributed by atoms with Crippen LogP contribution in [0.4, 0.5) is 0 Å². The highest BCUT2D eigenvalue weighted by Gasteiger charge is 2.41. The lowest BCUT2D eigenvalue weighted by Gasteiger charge is -2.27. The third-order valence-corrected chi connectivity index (χ3v) is 6.49. The standard InChI is InChI=1S/C14H26N4O2S/c1-5-12-8-7-10(3)18(12)21(19,20)14-11(4)16-17-13(14)9-15-6-2/h10,12,15H,5-9H2,1-4H3,(H,16,17). The molecule has 1 fully saturated rings. The molecule has 0 bridgehead atoms. The lowest BCUT2D eigenvalue weighted by Crippen LogP contribution is -2.40. The van der Waals surface area contributed by atoms with Crippen LogP contribution in [0.15, 0.2) is 4.90 Å². The number of nitrogens with one attached hydrogen (secondary N) is 2. The Hall–Kier alpha value is -0.920. The zero-order chi connectivity index (χ0) is 15.6. The highest BCUT2D eigenvalue weighted by Crippen LogP contribution is 2.34. The second-order valence-electron chi connectivity index (χ2n) is 5.73. The molecule has 2 heterocycles. The predicted molar refractivity (Wildman–Crippen MR) is 82.5 cm³/mol. The fourth-order valence-corrected chi connectivity index (χ4v) is 5.43. The fraction of sp³-hybridized carbons (Fsp3) is 0.786. The average Bonchev–Trinajstić information content (AvgIpc) is 2.99. The van der Waals surface area contributed by atoms with Crippen molar-refractivity contribution in [2.45, 2.75) is 70.5 Å². The van der Waals surface area contributed by atoms with Crippen molar-refractivity contribution in [1.29, 1.82) is 0 Å². The molecule has 1 aromatic heterocycles. The van der Waals surface area contributed by atoms with E-state index < -0.39 is 10.0 Å². The van der Waals surface area contributed by atoms with Crippen molar-refractivity contribution in [2.24, 2.45) is 0 Å². The van der Waals surface area contributed by atoms with E-state index in [1.807, 2.05) is 20.8 Å². The molecule has 2 rings (SSSR count). The largest absolute Gasteiger partial charge is 0.311 e. The quantitative estimate of drug-likeness (QED) is 0.839. The zero-order valence-corrected chi connectivity index (χ0v) is 14.1. The summed E-state index contributed by atoms with van der Waals surface area (Å²) >= 11 is 0. The number of rotatable bonds is 6. The van der Waals surface area contributed by atoms with E-state index in [2.05, 4.69) is 15.5 Å². The Labute approximate surface area is 127 Å². The van der Waals surface area contributed by atoms with E-state index in [1.165, 1.54) is 0 Å². The van der Waals surface area contributed by atoms with E-state index in [4.69, 9.17) is 0 Å². The lowest BCUT2D eigenvalue weighted by molar-refractivity contribution is 0.328. The number of hydrogen-bond acceptors (Lipinski definition) is 4. The maximum absolute atomic E-state index is 13.1. The summed E-state index contributed by atoms with van der Waals surface area (Å²) in [5.41, 5.74) is 1.21. The van der Waals surface area contributed by atoms with Gasteiger partial charge in [-0.1, -0.05) is 13.8 Å². The molecular formula is C14H26N4O2S. The van der Waals surface area contributed by atoms with Crippen LogP contribution >= 0.6 is 0 Å². The smallest absolute Gasteiger partial charge is 0.247 e. The minimum absolute atomic E-state index is 0.0567. The van der Waals surface area contributed by atoms with Crippen molar-refractivity contribution in [2.75, 3.05) is 6.54 Å². The van der Waals surface area contributed by atoms with Crippen molar-refractivity contribution in [3.63, 3.8) is 0 Å². The summed E-state index contributed by atoms with van der Waals surface area (Å²) in [6.45, 7) is 9.05. The van der Waals surface area contributed by atoms with Crippen molar-refractivity contribution in [3.05, 3.63) is 11.4 Å². The monoisotopic (exact) mass is 314 g/mol. The van der Waals surface area contributed by atoms with Crippen LogP contribution < -0.4 is 5.32 Å². The number of nitrogens with zero attached hydrogens (tertiary/aromatic N) is 2. The Morgan fingerprint density at radius 3 is 2.71 bits per heavy atom. The molecule has 1 aliphatic heterocycles. The van der Waals surface area contributed by atoms with Crippen molar-refractivity contribution < 1.29 is 8.42 Å². The average molecular weight is 314 g/mol. The van der Waals surface area contributed by atoms with Gasteiger partial charge in [0.2, 0.25) is 10.0 Å². The number of aromatic amines is 1. The summed E-state index contributed by atoms with van der Waals surface area (Å²) in [6.07, 6.45) is 2.72. The molecule has 0 radical (unpaired) electrons. The molecular weight excluding hydrogens is 288 g/mol. The maximum Gasteiger partial charge on any atom is 0.247 e. The van der Waals surface area contributed by atoms with Gasteiger partial charge in [-0.05, 0) is 39.7 Å². The first-order valence-corrected chi connectivity index (χ1v) is 9.15. The van der Waals surface area contributed by atoms with Gasteiger partial charge in [0, 0.05) is 18.6 Å². The Bertz CT molecular complexity index is 582. The molecule has 2 N–H and O–H groups in total. The minimum Gasteiger partial charge on any atom is -0.311 e. The van der Waals surface area contributed by atoms with Gasteiger partial charge in [0.15, 0.2) is 0 Å². The number of aromatic nitrogens is 2. The molecule has 2 unspecified atom stereocenters. The van der Waals surface area contributed by atoms with Crippen LogP contribution in [0.25, 0.3) is 0 Å². The maximum atomic E-state index is 13.1. The molecule has 2 atom stereocenters. The molecule has 6 nitrogen and oxygen atoms in total. The van der Waals surface area contributed by atoms with E-state index in [9.17, 15) is 8.42 Å². The van der Waals surface area contributed by atoms with Gasteiger partial charge < -0.3 is 5.32 Å². The minimum atomic E-state index is -3.50. The van der Waals surface area contributed by atoms with Gasteiger partial charge in [0.25, 0.3) is 0 Å². The van der Waals surface area contributed by atoms with E-state index >= 15 is 0 Å². The Kier molecular flexibility index (Phi) is 5.06. The van der Waals surface area contributed by atoms with Gasteiger partial charge in [0.05, 0.1) is 11.4 Å². The topological polar surface area (TPSA) is 78.1 Å². The van der Waals surface area contributed by atoms with Crippen molar-refractivity contribution >= 4 is 10.0 Å². The first-order valence-electron chi connectivity index (χ1n) is 7.71. The molecule has 1 aromatic rings. The molecule has 120 valence electrons. The van der Waals surface area contributed by atoms with E-state index in [1.54, 1.807) is 11.2 Å². The molecule has 7 heteroatoms. The molecule has 0 spiro atoms. The fourth-order valence-electron chi connectivity index (χ4n) is 3.15. The number of aryl methyl sites for hydroxylation is 1.